The molecule has 0 saturated carbocycles. The zero-order chi connectivity index (χ0) is 12.2. The molecular weight excluding hydrogens is 233 g/mol. The van der Waals surface area contributed by atoms with Crippen molar-refractivity contribution in [1.29, 1.82) is 0 Å². The minimum atomic E-state index is -4.92. The van der Waals surface area contributed by atoms with Crippen LogP contribution in [0.2, 0.25) is 0 Å². The summed E-state index contributed by atoms with van der Waals surface area (Å²) in [6.07, 6.45) is -4.92. The van der Waals surface area contributed by atoms with Crippen LogP contribution in [0.15, 0.2) is 30.3 Å². The Kier molecular flexibility index (Phi) is 3.69. The smallest absolute Gasteiger partial charge is 0.261 e. The van der Waals surface area contributed by atoms with Gasteiger partial charge in [-0.3, -0.25) is 5.48 Å². The highest BCUT2D eigenvalue weighted by Crippen LogP contribution is 2.35. The molecule has 0 spiro atoms. The van der Waals surface area contributed by atoms with Gasteiger partial charge in [-0.1, -0.05) is 18.2 Å². The molecule has 0 saturated heterocycles. The molecule has 2 nitrogen and oxygen atoms in total. The van der Waals surface area contributed by atoms with Gasteiger partial charge in [0.1, 0.15) is 0 Å². The summed E-state index contributed by atoms with van der Waals surface area (Å²) in [6.45, 7) is -2.50. The predicted molar refractivity (Wildman–Crippen MR) is 47.0 cm³/mol. The van der Waals surface area contributed by atoms with Gasteiger partial charge in [-0.2, -0.15) is 22.4 Å². The summed E-state index contributed by atoms with van der Waals surface area (Å²) >= 11 is 0. The summed E-state index contributed by atoms with van der Waals surface area (Å²) in [5, 5.41) is 0. The summed E-state index contributed by atoms with van der Waals surface area (Å²) < 4.78 is 61.6. The third kappa shape index (κ3) is 2.82. The molecule has 0 aliphatic heterocycles. The van der Waals surface area contributed by atoms with Crippen LogP contribution >= 0.6 is 0 Å². The second kappa shape index (κ2) is 4.65. The quantitative estimate of drug-likeness (QED) is 0.631. The molecule has 1 aromatic carbocycles. The first-order valence-corrected chi connectivity index (χ1v) is 4.20. The van der Waals surface area contributed by atoms with Crippen LogP contribution in [0.3, 0.4) is 0 Å². The van der Waals surface area contributed by atoms with E-state index in [1.54, 1.807) is 11.5 Å². The molecule has 0 unspecified atom stereocenters. The van der Waals surface area contributed by atoms with Gasteiger partial charge in [0.05, 0.1) is 5.69 Å². The Hall–Kier alpha value is -1.37. The first-order valence-electron chi connectivity index (χ1n) is 4.20. The fourth-order valence-electron chi connectivity index (χ4n) is 0.782. The van der Waals surface area contributed by atoms with Crippen molar-refractivity contribution in [3.8, 4) is 0 Å². The highest BCUT2D eigenvalue weighted by atomic mass is 19.3. The maximum Gasteiger partial charge on any atom is 0.442 e. The monoisotopic (exact) mass is 241 g/mol. The van der Waals surface area contributed by atoms with Crippen LogP contribution in [0.4, 0.5) is 27.6 Å². The minimum absolute atomic E-state index is 0.0526. The Morgan fingerprint density at radius 3 is 2.12 bits per heavy atom. The summed E-state index contributed by atoms with van der Waals surface area (Å²) in [5.74, 6) is -4.87. The van der Waals surface area contributed by atoms with Crippen molar-refractivity contribution in [2.24, 2.45) is 0 Å². The number of halogens is 5. The molecular formula is C9H8F5NO. The lowest BCUT2D eigenvalue weighted by molar-refractivity contribution is -0.340. The van der Waals surface area contributed by atoms with E-state index < -0.39 is 18.7 Å². The minimum Gasteiger partial charge on any atom is -0.261 e. The van der Waals surface area contributed by atoms with Crippen LogP contribution < -0.4 is 5.48 Å². The normalized spacial score (nSPS) is 12.6. The molecule has 1 rings (SSSR count). The summed E-state index contributed by atoms with van der Waals surface area (Å²) in [4.78, 5) is 3.50. The molecule has 0 aliphatic rings. The standard InChI is InChI=1S/C9H8F5NO/c10-6-8(11,12)9(13,14)16-15-7-4-2-1-3-5-7/h1-5,15H,6H2. The molecule has 90 valence electrons. The Morgan fingerprint density at radius 1 is 1.06 bits per heavy atom. The largest absolute Gasteiger partial charge is 0.442 e. The maximum atomic E-state index is 12.6. The first-order chi connectivity index (χ1) is 7.39. The first kappa shape index (κ1) is 12.7. The Balaban J connectivity index is 2.61. The Labute approximate surface area is 88.0 Å². The SMILES string of the molecule is FCC(F)(F)C(F)(F)ONc1ccccc1. The number of hydrogen-bond donors (Lipinski definition) is 1. The average molecular weight is 241 g/mol. The molecule has 0 radical (unpaired) electrons. The van der Waals surface area contributed by atoms with Crippen molar-refractivity contribution in [3.05, 3.63) is 30.3 Å². The number of nitrogens with one attached hydrogen (secondary N) is 1. The summed E-state index contributed by atoms with van der Waals surface area (Å²) in [7, 11) is 0. The van der Waals surface area contributed by atoms with Crippen LogP contribution in [0.25, 0.3) is 0 Å². The van der Waals surface area contributed by atoms with Gasteiger partial charge in [-0.15, -0.1) is 0 Å². The molecule has 0 bridgehead atoms. The zero-order valence-electron chi connectivity index (χ0n) is 7.89. The zero-order valence-corrected chi connectivity index (χ0v) is 7.89. The molecule has 0 atom stereocenters. The molecule has 0 heterocycles. The van der Waals surface area contributed by atoms with E-state index >= 15 is 0 Å². The molecule has 0 aliphatic carbocycles. The summed E-state index contributed by atoms with van der Waals surface area (Å²) in [5.41, 5.74) is 1.68. The summed E-state index contributed by atoms with van der Waals surface area (Å²) in [6, 6.07) is 7.21. The van der Waals surface area contributed by atoms with E-state index in [1.807, 2.05) is 0 Å². The van der Waals surface area contributed by atoms with Gasteiger partial charge in [0, 0.05) is 0 Å². The highest BCUT2D eigenvalue weighted by molar-refractivity contribution is 5.40. The number of alkyl halides is 5. The number of para-hydroxylation sites is 1. The number of benzene rings is 1. The van der Waals surface area contributed by atoms with Crippen LogP contribution in [-0.4, -0.2) is 18.7 Å². The molecule has 0 aromatic heterocycles. The topological polar surface area (TPSA) is 21.3 Å². The molecule has 16 heavy (non-hydrogen) atoms. The van der Waals surface area contributed by atoms with E-state index in [1.165, 1.54) is 24.3 Å². The van der Waals surface area contributed by atoms with E-state index in [0.29, 0.717) is 0 Å². The second-order valence-corrected chi connectivity index (χ2v) is 2.93. The number of anilines is 1. The van der Waals surface area contributed by atoms with Crippen molar-refractivity contribution >= 4 is 5.69 Å². The van der Waals surface area contributed by atoms with E-state index in [4.69, 9.17) is 0 Å². The van der Waals surface area contributed by atoms with Crippen LogP contribution in [0.1, 0.15) is 0 Å². The van der Waals surface area contributed by atoms with E-state index in [2.05, 4.69) is 4.84 Å². The fraction of sp³-hybridized carbons (Fsp3) is 0.333. The van der Waals surface area contributed by atoms with Gasteiger partial charge >= 0.3 is 12.0 Å². The average Bonchev–Trinajstić information content (AvgIpc) is 2.27. The fourth-order valence-corrected chi connectivity index (χ4v) is 0.782. The third-order valence-electron chi connectivity index (χ3n) is 1.66. The van der Waals surface area contributed by atoms with E-state index in [-0.39, 0.29) is 5.69 Å². The lowest BCUT2D eigenvalue weighted by Crippen LogP contribution is -2.45. The Bertz CT molecular complexity index is 330. The molecule has 0 fully saturated rings. The van der Waals surface area contributed by atoms with Crippen molar-refractivity contribution in [1.82, 2.24) is 0 Å². The lowest BCUT2D eigenvalue weighted by Gasteiger charge is -2.23. The van der Waals surface area contributed by atoms with Crippen molar-refractivity contribution in [2.75, 3.05) is 12.2 Å². The third-order valence-corrected chi connectivity index (χ3v) is 1.66. The number of rotatable bonds is 5. The lowest BCUT2D eigenvalue weighted by atomic mass is 10.3. The second-order valence-electron chi connectivity index (χ2n) is 2.93. The Morgan fingerprint density at radius 2 is 1.62 bits per heavy atom. The number of hydrogen-bond acceptors (Lipinski definition) is 2. The van der Waals surface area contributed by atoms with Crippen molar-refractivity contribution in [2.45, 2.75) is 12.0 Å². The van der Waals surface area contributed by atoms with Crippen molar-refractivity contribution in [3.63, 3.8) is 0 Å². The van der Waals surface area contributed by atoms with Gasteiger partial charge < -0.3 is 0 Å². The highest BCUT2D eigenvalue weighted by Gasteiger charge is 2.59. The predicted octanol–water partition coefficient (Wildman–Crippen LogP) is 3.23. The molecule has 0 amide bonds. The van der Waals surface area contributed by atoms with Crippen LogP contribution in [-0.2, 0) is 4.84 Å². The van der Waals surface area contributed by atoms with Crippen molar-refractivity contribution < 1.29 is 26.8 Å². The van der Waals surface area contributed by atoms with Gasteiger partial charge in [0.2, 0.25) is 0 Å². The van der Waals surface area contributed by atoms with Crippen LogP contribution in [0, 0.1) is 0 Å². The molecule has 1 aromatic rings. The van der Waals surface area contributed by atoms with E-state index in [0.717, 1.165) is 0 Å². The van der Waals surface area contributed by atoms with Gasteiger partial charge in [0.15, 0.2) is 6.67 Å². The van der Waals surface area contributed by atoms with Crippen LogP contribution in [0.5, 0.6) is 0 Å². The van der Waals surface area contributed by atoms with Gasteiger partial charge in [-0.05, 0) is 12.1 Å². The van der Waals surface area contributed by atoms with Gasteiger partial charge in [-0.25, -0.2) is 4.39 Å². The maximum absolute atomic E-state index is 12.6. The van der Waals surface area contributed by atoms with Gasteiger partial charge in [0.25, 0.3) is 0 Å². The van der Waals surface area contributed by atoms with E-state index in [9.17, 15) is 22.0 Å². The molecule has 1 N–H and O–H groups in total. The molecule has 7 heteroatoms.